The number of methoxy groups -OCH3 is 2. The number of rotatable bonds is 4. The first-order chi connectivity index (χ1) is 8.74. The first kappa shape index (κ1) is 12.5. The zero-order valence-electron chi connectivity index (χ0n) is 10.9. The summed E-state index contributed by atoms with van der Waals surface area (Å²) in [6, 6.07) is 3.76. The van der Waals surface area contributed by atoms with Gasteiger partial charge in [0.1, 0.15) is 0 Å². The molecule has 0 aliphatic carbocycles. The van der Waals surface area contributed by atoms with Crippen LogP contribution < -0.4 is 14.8 Å². The van der Waals surface area contributed by atoms with E-state index in [1.807, 2.05) is 19.2 Å². The fraction of sp³-hybridized carbons (Fsp3) is 0.500. The van der Waals surface area contributed by atoms with E-state index in [2.05, 4.69) is 20.2 Å². The number of hydrogen-bond acceptors (Lipinski definition) is 6. The lowest BCUT2D eigenvalue weighted by atomic mass is 10.2. The zero-order valence-corrected chi connectivity index (χ0v) is 10.9. The van der Waals surface area contributed by atoms with Crippen molar-refractivity contribution in [2.75, 3.05) is 34.4 Å². The van der Waals surface area contributed by atoms with Crippen LogP contribution in [-0.4, -0.2) is 50.2 Å². The minimum absolute atomic E-state index is 0.547. The number of nitrogens with one attached hydrogen (secondary N) is 1. The Hall–Kier alpha value is -1.98. The molecule has 1 aromatic heterocycles. The largest absolute Gasteiger partial charge is 0.481 e. The van der Waals surface area contributed by atoms with Crippen molar-refractivity contribution < 1.29 is 9.47 Å². The second kappa shape index (κ2) is 5.57. The molecule has 0 amide bonds. The second-order valence-corrected chi connectivity index (χ2v) is 4.00. The van der Waals surface area contributed by atoms with Crippen LogP contribution in [0, 0.1) is 0 Å². The third-order valence-corrected chi connectivity index (χ3v) is 2.81. The van der Waals surface area contributed by atoms with Crippen LogP contribution in [0.25, 0.3) is 0 Å². The van der Waals surface area contributed by atoms with E-state index < -0.39 is 0 Å². The maximum Gasteiger partial charge on any atom is 0.221 e. The number of aliphatic imine (C=N–C) groups is 1. The van der Waals surface area contributed by atoms with E-state index in [4.69, 9.17) is 9.47 Å². The maximum absolute atomic E-state index is 5.25. The molecule has 1 N–H and O–H groups in total. The van der Waals surface area contributed by atoms with Gasteiger partial charge in [-0.05, 0) is 6.07 Å². The summed E-state index contributed by atoms with van der Waals surface area (Å²) >= 11 is 0. The lowest BCUT2D eigenvalue weighted by molar-refractivity contribution is 0.360. The van der Waals surface area contributed by atoms with Gasteiger partial charge >= 0.3 is 0 Å². The molecule has 6 nitrogen and oxygen atoms in total. The van der Waals surface area contributed by atoms with Gasteiger partial charge in [0.25, 0.3) is 0 Å². The monoisotopic (exact) mass is 250 g/mol. The molecule has 0 saturated carbocycles. The summed E-state index contributed by atoms with van der Waals surface area (Å²) in [5.74, 6) is 2.03. The van der Waals surface area contributed by atoms with E-state index >= 15 is 0 Å². The Morgan fingerprint density at radius 2 is 2.17 bits per heavy atom. The van der Waals surface area contributed by atoms with Gasteiger partial charge in [0.2, 0.25) is 11.8 Å². The van der Waals surface area contributed by atoms with Crippen molar-refractivity contribution in [3.8, 4) is 11.8 Å². The quantitative estimate of drug-likeness (QED) is 0.842. The molecule has 0 spiro atoms. The summed E-state index contributed by atoms with van der Waals surface area (Å²) in [6.07, 6.45) is 0. The van der Waals surface area contributed by atoms with Gasteiger partial charge in [-0.2, -0.15) is 4.98 Å². The summed E-state index contributed by atoms with van der Waals surface area (Å²) in [7, 11) is 5.20. The number of nitrogens with zero attached hydrogens (tertiary/aromatic N) is 3. The number of aromatic nitrogens is 1. The molecule has 0 fully saturated rings. The molecule has 1 aliphatic rings. The third kappa shape index (κ3) is 2.64. The molecule has 0 unspecified atom stereocenters. The van der Waals surface area contributed by atoms with Crippen molar-refractivity contribution in [2.45, 2.75) is 6.54 Å². The molecule has 2 rings (SSSR count). The summed E-state index contributed by atoms with van der Waals surface area (Å²) in [5.41, 5.74) is 0.973. The fourth-order valence-electron chi connectivity index (χ4n) is 1.77. The normalized spacial score (nSPS) is 14.4. The second-order valence-electron chi connectivity index (χ2n) is 4.00. The molecule has 6 heteroatoms. The predicted octanol–water partition coefficient (Wildman–Crippen LogP) is 0.490. The molecule has 1 aromatic rings. The zero-order chi connectivity index (χ0) is 13.0. The molecule has 0 bridgehead atoms. The Morgan fingerprint density at radius 1 is 1.33 bits per heavy atom. The van der Waals surface area contributed by atoms with E-state index in [9.17, 15) is 0 Å². The van der Waals surface area contributed by atoms with Crippen molar-refractivity contribution >= 4 is 5.96 Å². The van der Waals surface area contributed by atoms with Crippen LogP contribution in [0.1, 0.15) is 5.56 Å². The number of hydrogen-bond donors (Lipinski definition) is 1. The molecule has 0 saturated heterocycles. The van der Waals surface area contributed by atoms with Gasteiger partial charge < -0.3 is 19.7 Å². The molecule has 18 heavy (non-hydrogen) atoms. The van der Waals surface area contributed by atoms with Crippen molar-refractivity contribution in [3.05, 3.63) is 17.7 Å². The van der Waals surface area contributed by atoms with Gasteiger partial charge in [0.15, 0.2) is 5.96 Å². The predicted molar refractivity (Wildman–Crippen MR) is 69.1 cm³/mol. The van der Waals surface area contributed by atoms with Crippen molar-refractivity contribution in [3.63, 3.8) is 0 Å². The molecule has 1 aliphatic heterocycles. The average Bonchev–Trinajstić information content (AvgIpc) is 2.81. The maximum atomic E-state index is 5.25. The molecular weight excluding hydrogens is 232 g/mol. The highest BCUT2D eigenvalue weighted by Crippen LogP contribution is 2.19. The average molecular weight is 250 g/mol. The highest BCUT2D eigenvalue weighted by Gasteiger charge is 2.13. The molecular formula is C12H18N4O2. The molecule has 2 heterocycles. The molecule has 0 aromatic carbocycles. The van der Waals surface area contributed by atoms with Crippen LogP contribution >= 0.6 is 0 Å². The lowest BCUT2D eigenvalue weighted by Gasteiger charge is -2.16. The highest BCUT2D eigenvalue weighted by molar-refractivity contribution is 5.81. The fourth-order valence-corrected chi connectivity index (χ4v) is 1.77. The highest BCUT2D eigenvalue weighted by atomic mass is 16.5. The molecule has 98 valence electrons. The Balaban J connectivity index is 2.04. The van der Waals surface area contributed by atoms with Crippen molar-refractivity contribution in [1.82, 2.24) is 15.2 Å². The van der Waals surface area contributed by atoms with Crippen LogP contribution in [-0.2, 0) is 6.54 Å². The van der Waals surface area contributed by atoms with Crippen LogP contribution in [0.5, 0.6) is 11.8 Å². The van der Waals surface area contributed by atoms with Crippen LogP contribution in [0.4, 0.5) is 0 Å². The Labute approximate surface area is 107 Å². The SMILES string of the molecule is COc1ccc(CNC2=NCCN2C)c(OC)n1. The summed E-state index contributed by atoms with van der Waals surface area (Å²) in [5, 5.41) is 3.27. The first-order valence-electron chi connectivity index (χ1n) is 5.82. The van der Waals surface area contributed by atoms with Crippen LogP contribution in [0.3, 0.4) is 0 Å². The Bertz CT molecular complexity index is 448. The first-order valence-corrected chi connectivity index (χ1v) is 5.82. The Kier molecular flexibility index (Phi) is 3.86. The van der Waals surface area contributed by atoms with Crippen molar-refractivity contribution in [2.24, 2.45) is 4.99 Å². The number of ether oxygens (including phenoxy) is 2. The minimum Gasteiger partial charge on any atom is -0.481 e. The smallest absolute Gasteiger partial charge is 0.221 e. The van der Waals surface area contributed by atoms with Gasteiger partial charge in [-0.3, -0.25) is 4.99 Å². The van der Waals surface area contributed by atoms with Gasteiger partial charge in [0, 0.05) is 31.8 Å². The van der Waals surface area contributed by atoms with Crippen LogP contribution in [0.15, 0.2) is 17.1 Å². The number of pyridine rings is 1. The lowest BCUT2D eigenvalue weighted by Crippen LogP contribution is -2.35. The minimum atomic E-state index is 0.547. The molecule has 0 radical (unpaired) electrons. The van der Waals surface area contributed by atoms with Crippen LogP contribution in [0.2, 0.25) is 0 Å². The number of guanidine groups is 1. The van der Waals surface area contributed by atoms with E-state index in [1.54, 1.807) is 14.2 Å². The topological polar surface area (TPSA) is 59.0 Å². The summed E-state index contributed by atoms with van der Waals surface area (Å²) in [4.78, 5) is 10.7. The summed E-state index contributed by atoms with van der Waals surface area (Å²) in [6.45, 7) is 2.43. The number of likely N-dealkylation sites (N-methyl/N-ethyl adjacent to an activating group) is 1. The van der Waals surface area contributed by atoms with Gasteiger partial charge in [0.05, 0.1) is 20.8 Å². The third-order valence-electron chi connectivity index (χ3n) is 2.81. The van der Waals surface area contributed by atoms with E-state index in [0.29, 0.717) is 18.3 Å². The standard InChI is InChI=1S/C12H18N4O2/c1-16-7-6-13-12(16)14-8-9-4-5-10(17-2)15-11(9)18-3/h4-5H,6-8H2,1-3H3,(H,13,14). The summed E-state index contributed by atoms with van der Waals surface area (Å²) < 4.78 is 10.3. The van der Waals surface area contributed by atoms with Crippen molar-refractivity contribution in [1.29, 1.82) is 0 Å². The Morgan fingerprint density at radius 3 is 2.78 bits per heavy atom. The van der Waals surface area contributed by atoms with Gasteiger partial charge in [-0.1, -0.05) is 0 Å². The van der Waals surface area contributed by atoms with Gasteiger partial charge in [-0.25, -0.2) is 0 Å². The van der Waals surface area contributed by atoms with E-state index in [0.717, 1.165) is 24.6 Å². The van der Waals surface area contributed by atoms with E-state index in [-0.39, 0.29) is 0 Å². The van der Waals surface area contributed by atoms with Gasteiger partial charge in [-0.15, -0.1) is 0 Å². The molecule has 0 atom stereocenters. The van der Waals surface area contributed by atoms with E-state index in [1.165, 1.54) is 0 Å².